The van der Waals surface area contributed by atoms with E-state index in [1.165, 1.54) is 6.42 Å². The van der Waals surface area contributed by atoms with E-state index in [1.54, 1.807) is 12.1 Å². The summed E-state index contributed by atoms with van der Waals surface area (Å²) >= 11 is 0. The van der Waals surface area contributed by atoms with Crippen LogP contribution in [0.15, 0.2) is 24.3 Å². The second-order valence-electron chi connectivity index (χ2n) is 4.91. The minimum absolute atomic E-state index is 0.162. The predicted molar refractivity (Wildman–Crippen MR) is 65.3 cm³/mol. The highest BCUT2D eigenvalue weighted by Crippen LogP contribution is 2.34. The van der Waals surface area contributed by atoms with Crippen molar-refractivity contribution in [2.24, 2.45) is 0 Å². The van der Waals surface area contributed by atoms with Crippen LogP contribution in [0.3, 0.4) is 0 Å². The van der Waals surface area contributed by atoms with Crippen LogP contribution >= 0.6 is 0 Å². The van der Waals surface area contributed by atoms with Gasteiger partial charge in [-0.05, 0) is 25.6 Å². The Bertz CT molecular complexity index is 444. The molecule has 0 amide bonds. The number of anilines is 1. The van der Waals surface area contributed by atoms with Crippen LogP contribution in [0, 0.1) is 10.1 Å². The molecule has 0 aromatic heterocycles. The first kappa shape index (κ1) is 10.5. The van der Waals surface area contributed by atoms with Crippen LogP contribution in [0.2, 0.25) is 0 Å². The van der Waals surface area contributed by atoms with Gasteiger partial charge in [0, 0.05) is 43.0 Å². The van der Waals surface area contributed by atoms with Gasteiger partial charge in [0.15, 0.2) is 0 Å². The molecular formula is C12H15N3O2. The van der Waals surface area contributed by atoms with E-state index in [0.717, 1.165) is 18.8 Å². The Morgan fingerprint density at radius 1 is 1.24 bits per heavy atom. The third-order valence-corrected chi connectivity index (χ3v) is 3.91. The van der Waals surface area contributed by atoms with Crippen molar-refractivity contribution in [2.75, 3.05) is 25.0 Å². The first-order chi connectivity index (χ1) is 8.15. The number of piperazine rings is 1. The molecule has 2 fully saturated rings. The summed E-state index contributed by atoms with van der Waals surface area (Å²) in [7, 11) is 2.16. The van der Waals surface area contributed by atoms with E-state index in [2.05, 4.69) is 16.8 Å². The van der Waals surface area contributed by atoms with Gasteiger partial charge in [0.05, 0.1) is 4.92 Å². The minimum atomic E-state index is -0.353. The molecule has 1 aromatic rings. The molecule has 90 valence electrons. The lowest BCUT2D eigenvalue weighted by Crippen LogP contribution is -2.44. The summed E-state index contributed by atoms with van der Waals surface area (Å²) < 4.78 is 0. The van der Waals surface area contributed by atoms with E-state index >= 15 is 0 Å². The van der Waals surface area contributed by atoms with E-state index in [0.29, 0.717) is 12.1 Å². The van der Waals surface area contributed by atoms with E-state index in [9.17, 15) is 10.1 Å². The second kappa shape index (κ2) is 3.70. The molecule has 0 saturated carbocycles. The van der Waals surface area contributed by atoms with E-state index in [4.69, 9.17) is 0 Å². The van der Waals surface area contributed by atoms with Gasteiger partial charge in [-0.1, -0.05) is 0 Å². The Kier molecular flexibility index (Phi) is 2.29. The molecule has 2 aliphatic rings. The molecule has 2 bridgehead atoms. The normalized spacial score (nSPS) is 27.7. The van der Waals surface area contributed by atoms with Gasteiger partial charge in [0.1, 0.15) is 0 Å². The molecule has 5 heteroatoms. The van der Waals surface area contributed by atoms with Crippen molar-refractivity contribution in [1.82, 2.24) is 4.90 Å². The summed E-state index contributed by atoms with van der Waals surface area (Å²) in [5.41, 5.74) is 1.27. The number of nitro benzene ring substituents is 1. The average molecular weight is 233 g/mol. The van der Waals surface area contributed by atoms with E-state index in [1.807, 2.05) is 12.1 Å². The molecule has 2 saturated heterocycles. The lowest BCUT2D eigenvalue weighted by Gasteiger charge is -2.33. The largest absolute Gasteiger partial charge is 0.366 e. The fourth-order valence-corrected chi connectivity index (χ4v) is 2.95. The van der Waals surface area contributed by atoms with E-state index < -0.39 is 0 Å². The van der Waals surface area contributed by atoms with Crippen LogP contribution in [0.5, 0.6) is 0 Å². The second-order valence-corrected chi connectivity index (χ2v) is 4.91. The van der Waals surface area contributed by atoms with Crippen molar-refractivity contribution in [3.63, 3.8) is 0 Å². The Morgan fingerprint density at radius 3 is 2.41 bits per heavy atom. The van der Waals surface area contributed by atoms with Crippen molar-refractivity contribution in [3.8, 4) is 0 Å². The monoisotopic (exact) mass is 233 g/mol. The Balaban J connectivity index is 1.80. The van der Waals surface area contributed by atoms with Gasteiger partial charge in [-0.3, -0.25) is 15.0 Å². The molecular weight excluding hydrogens is 218 g/mol. The molecule has 3 rings (SSSR count). The van der Waals surface area contributed by atoms with Crippen molar-refractivity contribution >= 4 is 11.4 Å². The fourth-order valence-electron chi connectivity index (χ4n) is 2.95. The SMILES string of the molecule is CN1C[C@H]2C[C@@H]1CN2c1ccc([N+](=O)[O-])cc1. The minimum Gasteiger partial charge on any atom is -0.366 e. The highest BCUT2D eigenvalue weighted by molar-refractivity contribution is 5.53. The first-order valence-corrected chi connectivity index (χ1v) is 5.86. The Labute approximate surface area is 99.8 Å². The van der Waals surface area contributed by atoms with Crippen LogP contribution in [-0.2, 0) is 0 Å². The molecule has 0 aliphatic carbocycles. The number of hydrogen-bond donors (Lipinski definition) is 0. The standard InChI is InChI=1S/C12H15N3O2/c1-13-7-12-6-11(13)8-14(12)9-2-4-10(5-3-9)15(16)17/h2-5,11-12H,6-8H2,1H3/t11-,12-/m1/s1. The third kappa shape index (κ3) is 1.67. The average Bonchev–Trinajstić information content (AvgIpc) is 2.87. The molecule has 2 atom stereocenters. The highest BCUT2D eigenvalue weighted by Gasteiger charge is 2.41. The van der Waals surface area contributed by atoms with E-state index in [-0.39, 0.29) is 10.6 Å². The zero-order valence-corrected chi connectivity index (χ0v) is 9.74. The molecule has 1 aromatic carbocycles. The molecule has 17 heavy (non-hydrogen) atoms. The van der Waals surface area contributed by atoms with Crippen molar-refractivity contribution in [1.29, 1.82) is 0 Å². The quantitative estimate of drug-likeness (QED) is 0.573. The molecule has 2 aliphatic heterocycles. The van der Waals surface area contributed by atoms with Crippen LogP contribution in [0.4, 0.5) is 11.4 Å². The Hall–Kier alpha value is -1.62. The number of nitro groups is 1. The molecule has 0 radical (unpaired) electrons. The van der Waals surface area contributed by atoms with Gasteiger partial charge in [0.25, 0.3) is 5.69 Å². The first-order valence-electron chi connectivity index (χ1n) is 5.86. The van der Waals surface area contributed by atoms with Crippen LogP contribution in [-0.4, -0.2) is 42.0 Å². The predicted octanol–water partition coefficient (Wildman–Crippen LogP) is 1.49. The number of rotatable bonds is 2. The molecule has 2 heterocycles. The summed E-state index contributed by atoms with van der Waals surface area (Å²) in [5, 5.41) is 10.6. The molecule has 0 spiro atoms. The number of likely N-dealkylation sites (tertiary alicyclic amines) is 1. The maximum atomic E-state index is 10.6. The smallest absolute Gasteiger partial charge is 0.269 e. The zero-order valence-electron chi connectivity index (χ0n) is 9.74. The third-order valence-electron chi connectivity index (χ3n) is 3.91. The van der Waals surface area contributed by atoms with Gasteiger partial charge in [-0.25, -0.2) is 0 Å². The number of likely N-dealkylation sites (N-methyl/N-ethyl adjacent to an activating group) is 1. The summed E-state index contributed by atoms with van der Waals surface area (Å²) in [6.07, 6.45) is 1.22. The molecule has 0 N–H and O–H groups in total. The Morgan fingerprint density at radius 2 is 1.94 bits per heavy atom. The molecule has 5 nitrogen and oxygen atoms in total. The number of fused-ring (bicyclic) bond motifs is 2. The number of hydrogen-bond acceptors (Lipinski definition) is 4. The maximum Gasteiger partial charge on any atom is 0.269 e. The zero-order chi connectivity index (χ0) is 12.0. The number of nitrogens with zero attached hydrogens (tertiary/aromatic N) is 3. The maximum absolute atomic E-state index is 10.6. The van der Waals surface area contributed by atoms with Gasteiger partial charge in [-0.2, -0.15) is 0 Å². The summed E-state index contributed by atoms with van der Waals surface area (Å²) in [5.74, 6) is 0. The van der Waals surface area contributed by atoms with Crippen LogP contribution in [0.25, 0.3) is 0 Å². The van der Waals surface area contributed by atoms with Gasteiger partial charge in [-0.15, -0.1) is 0 Å². The molecule has 0 unspecified atom stereocenters. The van der Waals surface area contributed by atoms with Crippen LogP contribution in [0.1, 0.15) is 6.42 Å². The summed E-state index contributed by atoms with van der Waals surface area (Å²) in [4.78, 5) is 15.0. The number of benzene rings is 1. The van der Waals surface area contributed by atoms with Crippen molar-refractivity contribution < 1.29 is 4.92 Å². The summed E-state index contributed by atoms with van der Waals surface area (Å²) in [6.45, 7) is 2.14. The van der Waals surface area contributed by atoms with Gasteiger partial charge in [0.2, 0.25) is 0 Å². The van der Waals surface area contributed by atoms with Crippen LogP contribution < -0.4 is 4.90 Å². The summed E-state index contributed by atoms with van der Waals surface area (Å²) in [6, 6.07) is 8.12. The fraction of sp³-hybridized carbons (Fsp3) is 0.500. The highest BCUT2D eigenvalue weighted by atomic mass is 16.6. The van der Waals surface area contributed by atoms with Gasteiger partial charge >= 0.3 is 0 Å². The van der Waals surface area contributed by atoms with Crippen molar-refractivity contribution in [2.45, 2.75) is 18.5 Å². The van der Waals surface area contributed by atoms with Crippen molar-refractivity contribution in [3.05, 3.63) is 34.4 Å². The lowest BCUT2D eigenvalue weighted by atomic mass is 10.2. The number of non-ortho nitro benzene ring substituents is 1. The topological polar surface area (TPSA) is 49.6 Å². The van der Waals surface area contributed by atoms with Gasteiger partial charge < -0.3 is 4.90 Å². The lowest BCUT2D eigenvalue weighted by molar-refractivity contribution is -0.384.